The molecule has 1 aliphatic rings. The van der Waals surface area contributed by atoms with Crippen molar-refractivity contribution in [3.8, 4) is 0 Å². The zero-order valence-corrected chi connectivity index (χ0v) is 10.5. The van der Waals surface area contributed by atoms with Crippen LogP contribution in [0.2, 0.25) is 0 Å². The summed E-state index contributed by atoms with van der Waals surface area (Å²) in [5.41, 5.74) is 8.05. The van der Waals surface area contributed by atoms with Gasteiger partial charge in [0.1, 0.15) is 5.82 Å². The Morgan fingerprint density at radius 1 is 1.59 bits per heavy atom. The summed E-state index contributed by atoms with van der Waals surface area (Å²) in [5.74, 6) is 1.39. The molecule has 0 amide bonds. The van der Waals surface area contributed by atoms with Gasteiger partial charge in [-0.15, -0.1) is 0 Å². The van der Waals surface area contributed by atoms with Gasteiger partial charge in [-0.3, -0.25) is 0 Å². The molecule has 2 N–H and O–H groups in total. The Kier molecular flexibility index (Phi) is 3.67. The van der Waals surface area contributed by atoms with E-state index >= 15 is 0 Å². The molecule has 1 fully saturated rings. The predicted molar refractivity (Wildman–Crippen MR) is 71.5 cm³/mol. The number of likely N-dealkylation sites (tertiary alicyclic amines) is 1. The number of nitrogens with zero attached hydrogens (tertiary/aromatic N) is 2. The molecule has 3 nitrogen and oxygen atoms in total. The Morgan fingerprint density at radius 3 is 3.00 bits per heavy atom. The SMILES string of the molecule is C=C(CCc1ccc(N)nc1)N1CCC(C)C1. The number of rotatable bonds is 4. The number of nitrogen functional groups attached to an aromatic ring is 1. The van der Waals surface area contributed by atoms with E-state index in [9.17, 15) is 0 Å². The number of pyridine rings is 1. The third kappa shape index (κ3) is 3.22. The molecular formula is C14H21N3. The second-order valence-electron chi connectivity index (χ2n) is 5.00. The van der Waals surface area contributed by atoms with Crippen LogP contribution in [0, 0.1) is 5.92 Å². The maximum atomic E-state index is 5.56. The second-order valence-corrected chi connectivity index (χ2v) is 5.00. The first-order valence-electron chi connectivity index (χ1n) is 6.28. The first-order chi connectivity index (χ1) is 8.15. The molecule has 92 valence electrons. The van der Waals surface area contributed by atoms with Crippen molar-refractivity contribution in [3.05, 3.63) is 36.2 Å². The molecule has 0 bridgehead atoms. The predicted octanol–water partition coefficient (Wildman–Crippen LogP) is 2.45. The van der Waals surface area contributed by atoms with Gasteiger partial charge in [-0.05, 0) is 36.8 Å². The maximum Gasteiger partial charge on any atom is 0.123 e. The fourth-order valence-corrected chi connectivity index (χ4v) is 2.25. The van der Waals surface area contributed by atoms with Crippen LogP contribution < -0.4 is 5.73 Å². The molecule has 2 heterocycles. The molecule has 0 spiro atoms. The van der Waals surface area contributed by atoms with Gasteiger partial charge in [0.2, 0.25) is 0 Å². The second kappa shape index (κ2) is 5.21. The van der Waals surface area contributed by atoms with Gasteiger partial charge in [0.25, 0.3) is 0 Å². The molecule has 0 aromatic carbocycles. The molecule has 2 rings (SSSR count). The highest BCUT2D eigenvalue weighted by atomic mass is 15.2. The van der Waals surface area contributed by atoms with E-state index in [0.29, 0.717) is 5.82 Å². The van der Waals surface area contributed by atoms with Crippen molar-refractivity contribution < 1.29 is 0 Å². The lowest BCUT2D eigenvalue weighted by Crippen LogP contribution is -2.19. The van der Waals surface area contributed by atoms with Crippen LogP contribution in [-0.2, 0) is 6.42 Å². The van der Waals surface area contributed by atoms with Gasteiger partial charge in [0.05, 0.1) is 0 Å². The summed E-state index contributed by atoms with van der Waals surface area (Å²) < 4.78 is 0. The van der Waals surface area contributed by atoms with Gasteiger partial charge in [-0.2, -0.15) is 0 Å². The van der Waals surface area contributed by atoms with E-state index in [4.69, 9.17) is 5.73 Å². The van der Waals surface area contributed by atoms with Crippen LogP contribution in [0.4, 0.5) is 5.82 Å². The van der Waals surface area contributed by atoms with Crippen molar-refractivity contribution >= 4 is 5.82 Å². The smallest absolute Gasteiger partial charge is 0.123 e. The van der Waals surface area contributed by atoms with E-state index < -0.39 is 0 Å². The molecule has 17 heavy (non-hydrogen) atoms. The molecule has 1 unspecified atom stereocenters. The lowest BCUT2D eigenvalue weighted by Gasteiger charge is -2.20. The van der Waals surface area contributed by atoms with E-state index in [2.05, 4.69) is 23.4 Å². The van der Waals surface area contributed by atoms with E-state index in [1.807, 2.05) is 18.3 Å². The van der Waals surface area contributed by atoms with Gasteiger partial charge >= 0.3 is 0 Å². The number of hydrogen-bond acceptors (Lipinski definition) is 3. The quantitative estimate of drug-likeness (QED) is 0.865. The van der Waals surface area contributed by atoms with E-state index in [-0.39, 0.29) is 0 Å². The third-order valence-corrected chi connectivity index (χ3v) is 3.42. The number of anilines is 1. The van der Waals surface area contributed by atoms with Crippen molar-refractivity contribution in [1.29, 1.82) is 0 Å². The number of hydrogen-bond donors (Lipinski definition) is 1. The Balaban J connectivity index is 1.82. The van der Waals surface area contributed by atoms with Crippen molar-refractivity contribution in [3.63, 3.8) is 0 Å². The molecule has 1 aromatic rings. The number of allylic oxidation sites excluding steroid dienone is 1. The Hall–Kier alpha value is -1.51. The van der Waals surface area contributed by atoms with Crippen LogP contribution in [0.5, 0.6) is 0 Å². The molecule has 1 saturated heterocycles. The van der Waals surface area contributed by atoms with E-state index in [1.54, 1.807) is 0 Å². The molecule has 1 atom stereocenters. The fraction of sp³-hybridized carbons (Fsp3) is 0.500. The molecule has 1 aliphatic heterocycles. The van der Waals surface area contributed by atoms with Gasteiger partial charge in [-0.25, -0.2) is 4.98 Å². The normalized spacial score (nSPS) is 19.6. The van der Waals surface area contributed by atoms with Crippen LogP contribution in [0.25, 0.3) is 0 Å². The average molecular weight is 231 g/mol. The van der Waals surface area contributed by atoms with E-state index in [1.165, 1.54) is 30.8 Å². The standard InChI is InChI=1S/C14H21N3/c1-11-7-8-17(10-11)12(2)3-4-13-5-6-14(15)16-9-13/h5-6,9,11H,2-4,7-8,10H2,1H3,(H2,15,16). The van der Waals surface area contributed by atoms with Gasteiger partial charge in [0.15, 0.2) is 0 Å². The minimum atomic E-state index is 0.584. The largest absolute Gasteiger partial charge is 0.384 e. The Labute approximate surface area is 103 Å². The summed E-state index contributed by atoms with van der Waals surface area (Å²) >= 11 is 0. The van der Waals surface area contributed by atoms with Gasteiger partial charge in [-0.1, -0.05) is 19.6 Å². The van der Waals surface area contributed by atoms with Gasteiger partial charge in [0, 0.05) is 25.0 Å². The first kappa shape index (κ1) is 12.0. The highest BCUT2D eigenvalue weighted by molar-refractivity contribution is 5.29. The molecule has 3 heteroatoms. The fourth-order valence-electron chi connectivity index (χ4n) is 2.25. The van der Waals surface area contributed by atoms with Crippen LogP contribution in [0.15, 0.2) is 30.6 Å². The van der Waals surface area contributed by atoms with Crippen molar-refractivity contribution in [2.24, 2.45) is 5.92 Å². The molecule has 0 radical (unpaired) electrons. The van der Waals surface area contributed by atoms with E-state index in [0.717, 1.165) is 18.8 Å². The molecule has 0 aliphatic carbocycles. The summed E-state index contributed by atoms with van der Waals surface area (Å²) in [6.45, 7) is 8.82. The van der Waals surface area contributed by atoms with Crippen molar-refractivity contribution in [1.82, 2.24) is 9.88 Å². The molecule has 0 saturated carbocycles. The summed E-state index contributed by atoms with van der Waals surface area (Å²) in [7, 11) is 0. The zero-order valence-electron chi connectivity index (χ0n) is 10.5. The zero-order chi connectivity index (χ0) is 12.3. The Morgan fingerprint density at radius 2 is 2.41 bits per heavy atom. The third-order valence-electron chi connectivity index (χ3n) is 3.42. The lowest BCUT2D eigenvalue weighted by molar-refractivity contribution is 0.396. The summed E-state index contributed by atoms with van der Waals surface area (Å²) in [4.78, 5) is 6.51. The van der Waals surface area contributed by atoms with Crippen LogP contribution in [0.3, 0.4) is 0 Å². The molecule has 1 aromatic heterocycles. The van der Waals surface area contributed by atoms with Gasteiger partial charge < -0.3 is 10.6 Å². The minimum Gasteiger partial charge on any atom is -0.384 e. The topological polar surface area (TPSA) is 42.1 Å². The number of aryl methyl sites for hydroxylation is 1. The number of nitrogens with two attached hydrogens (primary N) is 1. The Bertz CT molecular complexity index is 383. The summed E-state index contributed by atoms with van der Waals surface area (Å²) in [6.07, 6.45) is 5.16. The van der Waals surface area contributed by atoms with Crippen LogP contribution >= 0.6 is 0 Å². The van der Waals surface area contributed by atoms with Crippen molar-refractivity contribution in [2.45, 2.75) is 26.2 Å². The monoisotopic (exact) mass is 231 g/mol. The highest BCUT2D eigenvalue weighted by Crippen LogP contribution is 2.21. The number of aromatic nitrogens is 1. The maximum absolute atomic E-state index is 5.56. The first-order valence-corrected chi connectivity index (χ1v) is 6.28. The summed E-state index contributed by atoms with van der Waals surface area (Å²) in [6, 6.07) is 3.90. The van der Waals surface area contributed by atoms with Crippen LogP contribution in [-0.4, -0.2) is 23.0 Å². The summed E-state index contributed by atoms with van der Waals surface area (Å²) in [5, 5.41) is 0. The lowest BCUT2D eigenvalue weighted by atomic mass is 10.1. The average Bonchev–Trinajstić information content (AvgIpc) is 2.75. The highest BCUT2D eigenvalue weighted by Gasteiger charge is 2.19. The van der Waals surface area contributed by atoms with Crippen molar-refractivity contribution in [2.75, 3.05) is 18.8 Å². The molecular weight excluding hydrogens is 210 g/mol. The minimum absolute atomic E-state index is 0.584. The van der Waals surface area contributed by atoms with Crippen LogP contribution in [0.1, 0.15) is 25.3 Å².